The second-order valence-corrected chi connectivity index (χ2v) is 8.91. The standard InChI is InChI=1S/C20H22N4O2S/c1-15(16-6-9-19(10-7-16)24-14-21-13-22-24)23(2)27(25,26)20-11-8-17-4-3-5-18(17)12-20/h6-15H,3-5H2,1-2H3. The summed E-state index contributed by atoms with van der Waals surface area (Å²) in [5.41, 5.74) is 4.24. The maximum atomic E-state index is 13.1. The topological polar surface area (TPSA) is 68.1 Å². The van der Waals surface area contributed by atoms with E-state index in [0.717, 1.165) is 36.1 Å². The molecule has 27 heavy (non-hydrogen) atoms. The van der Waals surface area contributed by atoms with Gasteiger partial charge in [0.05, 0.1) is 10.6 Å². The molecular formula is C20H22N4O2S. The molecule has 1 aliphatic rings. The van der Waals surface area contributed by atoms with Gasteiger partial charge in [0.1, 0.15) is 12.7 Å². The number of hydrogen-bond donors (Lipinski definition) is 0. The lowest BCUT2D eigenvalue weighted by atomic mass is 10.1. The Morgan fingerprint density at radius 3 is 2.52 bits per heavy atom. The zero-order chi connectivity index (χ0) is 19.0. The smallest absolute Gasteiger partial charge is 0.223 e. The number of sulfonamides is 1. The summed E-state index contributed by atoms with van der Waals surface area (Å²) < 4.78 is 29.3. The zero-order valence-electron chi connectivity index (χ0n) is 15.4. The Hall–Kier alpha value is -2.51. The molecule has 0 spiro atoms. The lowest BCUT2D eigenvalue weighted by molar-refractivity contribution is 0.398. The quantitative estimate of drug-likeness (QED) is 0.680. The van der Waals surface area contributed by atoms with Crippen molar-refractivity contribution in [1.82, 2.24) is 19.1 Å². The minimum absolute atomic E-state index is 0.284. The molecule has 1 atom stereocenters. The van der Waals surface area contributed by atoms with Gasteiger partial charge in [0.15, 0.2) is 0 Å². The predicted molar refractivity (Wildman–Crippen MR) is 103 cm³/mol. The van der Waals surface area contributed by atoms with Crippen molar-refractivity contribution in [2.24, 2.45) is 0 Å². The fourth-order valence-corrected chi connectivity index (χ4v) is 4.94. The highest BCUT2D eigenvalue weighted by Gasteiger charge is 2.27. The van der Waals surface area contributed by atoms with Gasteiger partial charge >= 0.3 is 0 Å². The minimum atomic E-state index is -3.56. The molecule has 1 unspecified atom stereocenters. The molecule has 7 heteroatoms. The summed E-state index contributed by atoms with van der Waals surface area (Å²) in [5, 5.41) is 4.10. The molecule has 0 N–H and O–H groups in total. The van der Waals surface area contributed by atoms with Crippen LogP contribution in [0.15, 0.2) is 60.0 Å². The Bertz CT molecular complexity index is 1040. The Kier molecular flexibility index (Phi) is 4.57. The van der Waals surface area contributed by atoms with Gasteiger partial charge in [-0.1, -0.05) is 18.2 Å². The molecule has 2 aromatic carbocycles. The van der Waals surface area contributed by atoms with Crippen LogP contribution in [0.5, 0.6) is 0 Å². The average Bonchev–Trinajstić information content (AvgIpc) is 3.38. The molecule has 0 amide bonds. The van der Waals surface area contributed by atoms with Crippen molar-refractivity contribution < 1.29 is 8.42 Å². The van der Waals surface area contributed by atoms with Crippen LogP contribution in [-0.2, 0) is 22.9 Å². The van der Waals surface area contributed by atoms with Gasteiger partial charge in [-0.2, -0.15) is 9.40 Å². The van der Waals surface area contributed by atoms with Gasteiger partial charge < -0.3 is 0 Å². The number of fused-ring (bicyclic) bond motifs is 1. The van der Waals surface area contributed by atoms with Crippen molar-refractivity contribution >= 4 is 10.0 Å². The van der Waals surface area contributed by atoms with E-state index < -0.39 is 10.0 Å². The van der Waals surface area contributed by atoms with E-state index in [-0.39, 0.29) is 6.04 Å². The van der Waals surface area contributed by atoms with Crippen LogP contribution < -0.4 is 0 Å². The number of benzene rings is 2. The van der Waals surface area contributed by atoms with E-state index in [1.54, 1.807) is 24.1 Å². The van der Waals surface area contributed by atoms with Crippen molar-refractivity contribution in [3.8, 4) is 5.69 Å². The highest BCUT2D eigenvalue weighted by Crippen LogP contribution is 2.29. The number of aromatic nitrogens is 3. The molecule has 0 bridgehead atoms. The van der Waals surface area contributed by atoms with Gasteiger partial charge in [0.2, 0.25) is 10.0 Å². The van der Waals surface area contributed by atoms with Crippen LogP contribution in [-0.4, -0.2) is 34.5 Å². The Labute approximate surface area is 159 Å². The molecule has 0 saturated carbocycles. The predicted octanol–water partition coefficient (Wildman–Crippen LogP) is 3.14. The average molecular weight is 382 g/mol. The van der Waals surface area contributed by atoms with Crippen LogP contribution in [0.3, 0.4) is 0 Å². The van der Waals surface area contributed by atoms with Crippen molar-refractivity contribution in [3.63, 3.8) is 0 Å². The van der Waals surface area contributed by atoms with E-state index in [1.165, 1.54) is 16.2 Å². The van der Waals surface area contributed by atoms with Crippen LogP contribution in [0, 0.1) is 0 Å². The summed E-state index contributed by atoms with van der Waals surface area (Å²) in [6.07, 6.45) is 6.21. The van der Waals surface area contributed by atoms with Crippen molar-refractivity contribution in [2.75, 3.05) is 7.05 Å². The first-order valence-electron chi connectivity index (χ1n) is 9.01. The number of aryl methyl sites for hydroxylation is 2. The first kappa shape index (κ1) is 17.9. The van der Waals surface area contributed by atoms with Gasteiger partial charge in [0.25, 0.3) is 0 Å². The van der Waals surface area contributed by atoms with E-state index in [1.807, 2.05) is 43.3 Å². The second-order valence-electron chi connectivity index (χ2n) is 6.91. The maximum absolute atomic E-state index is 13.1. The fourth-order valence-electron chi connectivity index (χ4n) is 3.54. The van der Waals surface area contributed by atoms with Crippen LogP contribution in [0.1, 0.15) is 36.1 Å². The third-order valence-corrected chi connectivity index (χ3v) is 7.28. The lowest BCUT2D eigenvalue weighted by Gasteiger charge is -2.25. The molecule has 0 aliphatic heterocycles. The Morgan fingerprint density at radius 2 is 1.81 bits per heavy atom. The highest BCUT2D eigenvalue weighted by molar-refractivity contribution is 7.89. The first-order chi connectivity index (χ1) is 13.0. The molecule has 3 aromatic rings. The maximum Gasteiger partial charge on any atom is 0.243 e. The summed E-state index contributed by atoms with van der Waals surface area (Å²) in [7, 11) is -1.92. The van der Waals surface area contributed by atoms with Crippen molar-refractivity contribution in [1.29, 1.82) is 0 Å². The van der Waals surface area contributed by atoms with Crippen LogP contribution in [0.4, 0.5) is 0 Å². The molecule has 6 nitrogen and oxygen atoms in total. The fraction of sp³-hybridized carbons (Fsp3) is 0.300. The lowest BCUT2D eigenvalue weighted by Crippen LogP contribution is -2.30. The summed E-state index contributed by atoms with van der Waals surface area (Å²) in [6, 6.07) is 12.9. The molecule has 1 aliphatic carbocycles. The molecule has 0 saturated heterocycles. The molecule has 4 rings (SSSR count). The monoisotopic (exact) mass is 382 g/mol. The molecular weight excluding hydrogens is 360 g/mol. The van der Waals surface area contributed by atoms with Crippen molar-refractivity contribution in [2.45, 2.75) is 37.1 Å². The van der Waals surface area contributed by atoms with Crippen LogP contribution in [0.2, 0.25) is 0 Å². The van der Waals surface area contributed by atoms with Gasteiger partial charge in [0, 0.05) is 13.1 Å². The normalized spacial score (nSPS) is 15.1. The zero-order valence-corrected chi connectivity index (χ0v) is 16.2. The molecule has 1 heterocycles. The van der Waals surface area contributed by atoms with Gasteiger partial charge in [-0.3, -0.25) is 0 Å². The summed E-state index contributed by atoms with van der Waals surface area (Å²) in [5.74, 6) is 0. The summed E-state index contributed by atoms with van der Waals surface area (Å²) in [4.78, 5) is 4.31. The van der Waals surface area contributed by atoms with E-state index in [2.05, 4.69) is 10.1 Å². The number of rotatable bonds is 5. The highest BCUT2D eigenvalue weighted by atomic mass is 32.2. The molecule has 0 fully saturated rings. The summed E-state index contributed by atoms with van der Waals surface area (Å²) >= 11 is 0. The van der Waals surface area contributed by atoms with E-state index in [4.69, 9.17) is 0 Å². The van der Waals surface area contributed by atoms with E-state index >= 15 is 0 Å². The SMILES string of the molecule is CC(c1ccc(-n2cncn2)cc1)N(C)S(=O)(=O)c1ccc2c(c1)CCC2. The molecule has 140 valence electrons. The Balaban J connectivity index is 1.58. The minimum Gasteiger partial charge on any atom is -0.223 e. The molecule has 1 aromatic heterocycles. The largest absolute Gasteiger partial charge is 0.243 e. The van der Waals surface area contributed by atoms with Crippen LogP contribution >= 0.6 is 0 Å². The van der Waals surface area contributed by atoms with Crippen molar-refractivity contribution in [3.05, 3.63) is 71.8 Å². The van der Waals surface area contributed by atoms with E-state index in [9.17, 15) is 8.42 Å². The van der Waals surface area contributed by atoms with Gasteiger partial charge in [-0.25, -0.2) is 18.1 Å². The third kappa shape index (κ3) is 3.28. The van der Waals surface area contributed by atoms with Gasteiger partial charge in [-0.15, -0.1) is 0 Å². The first-order valence-corrected chi connectivity index (χ1v) is 10.5. The number of nitrogens with zero attached hydrogens (tertiary/aromatic N) is 4. The Morgan fingerprint density at radius 1 is 1.07 bits per heavy atom. The number of hydrogen-bond acceptors (Lipinski definition) is 4. The third-order valence-electron chi connectivity index (χ3n) is 5.35. The molecule has 0 radical (unpaired) electrons. The van der Waals surface area contributed by atoms with E-state index in [0.29, 0.717) is 4.90 Å². The summed E-state index contributed by atoms with van der Waals surface area (Å²) in [6.45, 7) is 1.90. The van der Waals surface area contributed by atoms with Gasteiger partial charge in [-0.05, 0) is 67.1 Å². The second kappa shape index (κ2) is 6.90. The van der Waals surface area contributed by atoms with Crippen LogP contribution in [0.25, 0.3) is 5.69 Å².